The van der Waals surface area contributed by atoms with Crippen molar-refractivity contribution in [3.05, 3.63) is 90.0 Å². The zero-order chi connectivity index (χ0) is 26.0. The summed E-state index contributed by atoms with van der Waals surface area (Å²) in [5.74, 6) is 0.971. The number of anilines is 1. The van der Waals surface area contributed by atoms with E-state index in [4.69, 9.17) is 9.47 Å². The SMILES string of the molecule is COc1ccc(-c2nnc(NC(=O)CCN(CCc3ccccc3)C(=O)c3cccc(OC)c3)s2)cc1. The number of carbonyl (C=O) groups excluding carboxylic acids is 2. The molecule has 0 saturated heterocycles. The molecule has 0 unspecified atom stereocenters. The lowest BCUT2D eigenvalue weighted by molar-refractivity contribution is -0.116. The highest BCUT2D eigenvalue weighted by Gasteiger charge is 2.18. The molecule has 0 saturated carbocycles. The minimum Gasteiger partial charge on any atom is -0.497 e. The van der Waals surface area contributed by atoms with Crippen molar-refractivity contribution in [2.24, 2.45) is 0 Å². The summed E-state index contributed by atoms with van der Waals surface area (Å²) < 4.78 is 10.5. The molecule has 0 bridgehead atoms. The van der Waals surface area contributed by atoms with Gasteiger partial charge in [-0.2, -0.15) is 0 Å². The summed E-state index contributed by atoms with van der Waals surface area (Å²) in [6.45, 7) is 0.743. The van der Waals surface area contributed by atoms with Crippen LogP contribution in [0, 0.1) is 0 Å². The molecular weight excluding hydrogens is 488 g/mol. The second-order valence-electron chi connectivity index (χ2n) is 8.20. The van der Waals surface area contributed by atoms with Crippen LogP contribution in [0.5, 0.6) is 11.5 Å². The summed E-state index contributed by atoms with van der Waals surface area (Å²) in [4.78, 5) is 27.8. The van der Waals surface area contributed by atoms with Gasteiger partial charge in [0.15, 0.2) is 0 Å². The number of benzene rings is 3. The Bertz CT molecular complexity index is 1330. The largest absolute Gasteiger partial charge is 0.497 e. The summed E-state index contributed by atoms with van der Waals surface area (Å²) in [6, 6.07) is 24.5. The van der Waals surface area contributed by atoms with E-state index in [0.717, 1.165) is 16.9 Å². The molecule has 0 aliphatic heterocycles. The molecule has 0 radical (unpaired) electrons. The number of carbonyl (C=O) groups is 2. The molecule has 1 heterocycles. The van der Waals surface area contributed by atoms with Gasteiger partial charge in [0.05, 0.1) is 14.2 Å². The predicted octanol–water partition coefficient (Wildman–Crippen LogP) is 4.94. The maximum absolute atomic E-state index is 13.3. The molecule has 0 spiro atoms. The highest BCUT2D eigenvalue weighted by molar-refractivity contribution is 7.18. The molecule has 0 atom stereocenters. The Morgan fingerprint density at radius 3 is 2.35 bits per heavy atom. The van der Waals surface area contributed by atoms with Crippen LogP contribution >= 0.6 is 11.3 Å². The van der Waals surface area contributed by atoms with Gasteiger partial charge in [0, 0.05) is 30.6 Å². The summed E-state index contributed by atoms with van der Waals surface area (Å²) in [7, 11) is 3.18. The van der Waals surface area contributed by atoms with Crippen molar-refractivity contribution in [2.75, 3.05) is 32.6 Å². The van der Waals surface area contributed by atoms with E-state index in [-0.39, 0.29) is 24.8 Å². The lowest BCUT2D eigenvalue weighted by Gasteiger charge is -2.23. The maximum Gasteiger partial charge on any atom is 0.254 e. The van der Waals surface area contributed by atoms with Crippen LogP contribution in [0.3, 0.4) is 0 Å². The second-order valence-corrected chi connectivity index (χ2v) is 9.18. The fourth-order valence-electron chi connectivity index (χ4n) is 3.70. The van der Waals surface area contributed by atoms with E-state index in [0.29, 0.717) is 34.4 Å². The number of aromatic nitrogens is 2. The van der Waals surface area contributed by atoms with E-state index in [9.17, 15) is 9.59 Å². The molecule has 2 amide bonds. The minimum atomic E-state index is -0.236. The third kappa shape index (κ3) is 7.14. The molecule has 8 nitrogen and oxygen atoms in total. The van der Waals surface area contributed by atoms with Crippen LogP contribution < -0.4 is 14.8 Å². The molecule has 4 aromatic rings. The first-order valence-corrected chi connectivity index (χ1v) is 12.6. The van der Waals surface area contributed by atoms with Gasteiger partial charge in [-0.25, -0.2) is 0 Å². The van der Waals surface area contributed by atoms with E-state index in [1.54, 1.807) is 43.4 Å². The zero-order valence-electron chi connectivity index (χ0n) is 20.7. The normalized spacial score (nSPS) is 10.5. The molecule has 1 aromatic heterocycles. The van der Waals surface area contributed by atoms with Crippen LogP contribution in [0.4, 0.5) is 5.13 Å². The van der Waals surface area contributed by atoms with Crippen LogP contribution in [0.15, 0.2) is 78.9 Å². The van der Waals surface area contributed by atoms with Crippen molar-refractivity contribution in [1.29, 1.82) is 0 Å². The summed E-state index contributed by atoms with van der Waals surface area (Å²) in [5.41, 5.74) is 2.52. The molecule has 9 heteroatoms. The van der Waals surface area contributed by atoms with E-state index in [2.05, 4.69) is 15.5 Å². The quantitative estimate of drug-likeness (QED) is 0.304. The average Bonchev–Trinajstić information content (AvgIpc) is 3.41. The monoisotopic (exact) mass is 516 g/mol. The average molecular weight is 517 g/mol. The zero-order valence-corrected chi connectivity index (χ0v) is 21.5. The number of nitrogens with zero attached hydrogens (tertiary/aromatic N) is 3. The Hall–Kier alpha value is -4.24. The maximum atomic E-state index is 13.3. The van der Waals surface area contributed by atoms with Crippen LogP contribution in [-0.2, 0) is 11.2 Å². The molecular formula is C28H28N4O4S. The standard InChI is InChI=1S/C28H28N4O4S/c1-35-23-13-11-21(12-14-23)26-30-31-28(37-26)29-25(33)16-18-32(17-15-20-7-4-3-5-8-20)27(34)22-9-6-10-24(19-22)36-2/h3-14,19H,15-18H2,1-2H3,(H,29,31,33). The lowest BCUT2D eigenvalue weighted by atomic mass is 10.1. The van der Waals surface area contributed by atoms with Gasteiger partial charge in [-0.1, -0.05) is 47.7 Å². The van der Waals surface area contributed by atoms with Gasteiger partial charge >= 0.3 is 0 Å². The Morgan fingerprint density at radius 2 is 1.62 bits per heavy atom. The predicted molar refractivity (Wildman–Crippen MR) is 144 cm³/mol. The number of nitrogens with one attached hydrogen (secondary N) is 1. The van der Waals surface area contributed by atoms with Gasteiger partial charge in [0.1, 0.15) is 16.5 Å². The number of hydrogen-bond acceptors (Lipinski definition) is 7. The molecule has 0 aliphatic rings. The van der Waals surface area contributed by atoms with Crippen molar-refractivity contribution < 1.29 is 19.1 Å². The first-order chi connectivity index (χ1) is 18.1. The minimum absolute atomic E-state index is 0.127. The molecule has 0 aliphatic carbocycles. The number of ether oxygens (including phenoxy) is 2. The summed E-state index contributed by atoms with van der Waals surface area (Å²) >= 11 is 1.29. The van der Waals surface area contributed by atoms with Crippen LogP contribution in [0.1, 0.15) is 22.3 Å². The van der Waals surface area contributed by atoms with Crippen molar-refractivity contribution in [2.45, 2.75) is 12.8 Å². The summed E-state index contributed by atoms with van der Waals surface area (Å²) in [5, 5.41) is 12.2. The molecule has 37 heavy (non-hydrogen) atoms. The van der Waals surface area contributed by atoms with E-state index in [1.807, 2.05) is 54.6 Å². The van der Waals surface area contributed by atoms with Crippen molar-refractivity contribution in [1.82, 2.24) is 15.1 Å². The molecule has 190 valence electrons. The van der Waals surface area contributed by atoms with Gasteiger partial charge in [-0.05, 0) is 54.4 Å². The third-order valence-electron chi connectivity index (χ3n) is 5.73. The molecule has 1 N–H and O–H groups in total. The fraction of sp³-hybridized carbons (Fsp3) is 0.214. The number of methoxy groups -OCH3 is 2. The Labute approximate surface area is 219 Å². The highest BCUT2D eigenvalue weighted by Crippen LogP contribution is 2.27. The van der Waals surface area contributed by atoms with Crippen molar-refractivity contribution >= 4 is 28.3 Å². The molecule has 4 rings (SSSR count). The van der Waals surface area contributed by atoms with E-state index in [1.165, 1.54) is 11.3 Å². The molecule has 0 fully saturated rings. The van der Waals surface area contributed by atoms with E-state index < -0.39 is 0 Å². The Balaban J connectivity index is 1.39. The lowest BCUT2D eigenvalue weighted by Crippen LogP contribution is -2.35. The molecule has 3 aromatic carbocycles. The van der Waals surface area contributed by atoms with Gasteiger partial charge < -0.3 is 19.7 Å². The van der Waals surface area contributed by atoms with Gasteiger partial charge in [0.2, 0.25) is 11.0 Å². The topological polar surface area (TPSA) is 93.7 Å². The highest BCUT2D eigenvalue weighted by atomic mass is 32.1. The van der Waals surface area contributed by atoms with Crippen LogP contribution in [0.25, 0.3) is 10.6 Å². The fourth-order valence-corrected chi connectivity index (χ4v) is 4.47. The first kappa shape index (κ1) is 25.8. The van der Waals surface area contributed by atoms with Gasteiger partial charge in [-0.15, -0.1) is 10.2 Å². The number of amides is 2. The van der Waals surface area contributed by atoms with Crippen LogP contribution in [-0.4, -0.2) is 54.2 Å². The number of rotatable bonds is 11. The Kier molecular flexibility index (Phi) is 8.83. The van der Waals surface area contributed by atoms with Crippen molar-refractivity contribution in [3.8, 4) is 22.1 Å². The Morgan fingerprint density at radius 1 is 0.865 bits per heavy atom. The van der Waals surface area contributed by atoms with E-state index >= 15 is 0 Å². The van der Waals surface area contributed by atoms with Crippen LogP contribution in [0.2, 0.25) is 0 Å². The first-order valence-electron chi connectivity index (χ1n) is 11.8. The second kappa shape index (κ2) is 12.6. The third-order valence-corrected chi connectivity index (χ3v) is 6.62. The smallest absolute Gasteiger partial charge is 0.254 e. The van der Waals surface area contributed by atoms with Gasteiger partial charge in [0.25, 0.3) is 5.91 Å². The number of hydrogen-bond donors (Lipinski definition) is 1. The van der Waals surface area contributed by atoms with Crippen molar-refractivity contribution in [3.63, 3.8) is 0 Å². The van der Waals surface area contributed by atoms with Gasteiger partial charge in [-0.3, -0.25) is 9.59 Å². The summed E-state index contributed by atoms with van der Waals surface area (Å²) in [6.07, 6.45) is 0.807.